The molecule has 18 heavy (non-hydrogen) atoms. The molecule has 1 aromatic carbocycles. The van der Waals surface area contributed by atoms with Gasteiger partial charge in [-0.25, -0.2) is 0 Å². The minimum absolute atomic E-state index is 0.174. The number of benzene rings is 1. The fraction of sp³-hybridized carbons (Fsp3) is 0.625. The van der Waals surface area contributed by atoms with Crippen LogP contribution in [0.15, 0.2) is 30.3 Å². The van der Waals surface area contributed by atoms with E-state index in [1.165, 1.54) is 12.0 Å². The lowest BCUT2D eigenvalue weighted by Gasteiger charge is -2.53. The Hall–Kier alpha value is -0.860. The van der Waals surface area contributed by atoms with Crippen LogP contribution in [0.4, 0.5) is 0 Å². The van der Waals surface area contributed by atoms with Crippen molar-refractivity contribution in [2.45, 2.75) is 31.8 Å². The number of nitrogens with zero attached hydrogens (tertiary/aromatic N) is 2. The minimum Gasteiger partial charge on any atom is -0.303 e. The zero-order chi connectivity index (χ0) is 13.3. The predicted octanol–water partition coefficient (Wildman–Crippen LogP) is 2.80. The average Bonchev–Trinajstić information content (AvgIpc) is 2.34. The second kappa shape index (κ2) is 5.02. The molecule has 2 rings (SSSR count). The second-order valence-electron chi connectivity index (χ2n) is 6.08. The molecule has 0 aliphatic carbocycles. The molecule has 0 amide bonds. The fourth-order valence-electron chi connectivity index (χ4n) is 3.58. The summed E-state index contributed by atoms with van der Waals surface area (Å²) in [6.45, 7) is 5.89. The van der Waals surface area contributed by atoms with E-state index < -0.39 is 0 Å². The van der Waals surface area contributed by atoms with E-state index >= 15 is 0 Å². The second-order valence-corrected chi connectivity index (χ2v) is 6.08. The molecule has 100 valence electrons. The molecule has 0 N–H and O–H groups in total. The molecule has 1 heterocycles. The maximum absolute atomic E-state index is 2.48. The van der Waals surface area contributed by atoms with Gasteiger partial charge >= 0.3 is 0 Å². The van der Waals surface area contributed by atoms with Gasteiger partial charge in [0.15, 0.2) is 0 Å². The SMILES string of the molecule is CC1CC(c2ccccc2)(N(C)C)C(C)CN1C. The van der Waals surface area contributed by atoms with Crippen molar-refractivity contribution in [2.75, 3.05) is 27.7 Å². The first-order chi connectivity index (χ1) is 8.48. The summed E-state index contributed by atoms with van der Waals surface area (Å²) in [5.41, 5.74) is 1.63. The van der Waals surface area contributed by atoms with Crippen LogP contribution in [0.3, 0.4) is 0 Å². The Balaban J connectivity index is 2.44. The molecule has 0 spiro atoms. The number of hydrogen-bond acceptors (Lipinski definition) is 2. The number of likely N-dealkylation sites (tertiary alicyclic amines) is 1. The first kappa shape index (κ1) is 13.6. The highest BCUT2D eigenvalue weighted by Crippen LogP contribution is 2.43. The standard InChI is InChI=1S/C16H26N2/c1-13-12-18(5)14(2)11-16(13,17(3)4)15-9-7-6-8-10-15/h6-10,13-14H,11-12H2,1-5H3. The van der Waals surface area contributed by atoms with Crippen molar-refractivity contribution in [2.24, 2.45) is 5.92 Å². The zero-order valence-corrected chi connectivity index (χ0v) is 12.4. The minimum atomic E-state index is 0.174. The van der Waals surface area contributed by atoms with E-state index in [9.17, 15) is 0 Å². The van der Waals surface area contributed by atoms with Crippen molar-refractivity contribution < 1.29 is 0 Å². The lowest BCUT2D eigenvalue weighted by Crippen LogP contribution is -2.57. The molecule has 1 aliphatic rings. The van der Waals surface area contributed by atoms with Crippen LogP contribution in [0, 0.1) is 5.92 Å². The van der Waals surface area contributed by atoms with Gasteiger partial charge in [-0.2, -0.15) is 0 Å². The summed E-state index contributed by atoms with van der Waals surface area (Å²) in [7, 11) is 6.69. The molecule has 2 nitrogen and oxygen atoms in total. The summed E-state index contributed by atoms with van der Waals surface area (Å²) in [6.07, 6.45) is 1.20. The van der Waals surface area contributed by atoms with Crippen LogP contribution in [0.1, 0.15) is 25.8 Å². The maximum Gasteiger partial charge on any atom is 0.0507 e. The molecule has 1 fully saturated rings. The van der Waals surface area contributed by atoms with Crippen LogP contribution in [0.5, 0.6) is 0 Å². The first-order valence-corrected chi connectivity index (χ1v) is 6.91. The lowest BCUT2D eigenvalue weighted by molar-refractivity contribution is -0.0151. The van der Waals surface area contributed by atoms with Gasteiger partial charge in [0.25, 0.3) is 0 Å². The highest BCUT2D eigenvalue weighted by atomic mass is 15.2. The van der Waals surface area contributed by atoms with Gasteiger partial charge in [0, 0.05) is 12.6 Å². The maximum atomic E-state index is 2.48. The first-order valence-electron chi connectivity index (χ1n) is 6.91. The highest BCUT2D eigenvalue weighted by Gasteiger charge is 2.45. The molecule has 1 saturated heterocycles. The largest absolute Gasteiger partial charge is 0.303 e. The van der Waals surface area contributed by atoms with E-state index in [0.29, 0.717) is 12.0 Å². The molecule has 3 unspecified atom stereocenters. The molecule has 0 bridgehead atoms. The third kappa shape index (κ3) is 2.08. The number of rotatable bonds is 2. The lowest BCUT2D eigenvalue weighted by atomic mass is 9.71. The van der Waals surface area contributed by atoms with E-state index in [4.69, 9.17) is 0 Å². The van der Waals surface area contributed by atoms with E-state index in [0.717, 1.165) is 6.54 Å². The summed E-state index contributed by atoms with van der Waals surface area (Å²) >= 11 is 0. The summed E-state index contributed by atoms with van der Waals surface area (Å²) in [5, 5.41) is 0. The van der Waals surface area contributed by atoms with Crippen LogP contribution < -0.4 is 0 Å². The molecular weight excluding hydrogens is 220 g/mol. The molecule has 1 aliphatic heterocycles. The molecule has 1 aromatic rings. The van der Waals surface area contributed by atoms with Crippen molar-refractivity contribution >= 4 is 0 Å². The van der Waals surface area contributed by atoms with Crippen molar-refractivity contribution in [1.29, 1.82) is 0 Å². The van der Waals surface area contributed by atoms with E-state index in [2.05, 4.69) is 75.1 Å². The Morgan fingerprint density at radius 3 is 2.33 bits per heavy atom. The van der Waals surface area contributed by atoms with Crippen LogP contribution in [0.25, 0.3) is 0 Å². The normalized spacial score (nSPS) is 33.9. The third-order valence-corrected chi connectivity index (χ3v) is 4.81. The highest BCUT2D eigenvalue weighted by molar-refractivity contribution is 5.27. The molecule has 0 radical (unpaired) electrons. The Morgan fingerprint density at radius 1 is 1.17 bits per heavy atom. The van der Waals surface area contributed by atoms with Gasteiger partial charge < -0.3 is 4.90 Å². The number of piperidine rings is 1. The van der Waals surface area contributed by atoms with E-state index in [1.807, 2.05) is 0 Å². The van der Waals surface area contributed by atoms with Crippen LogP contribution in [0.2, 0.25) is 0 Å². The van der Waals surface area contributed by atoms with Gasteiger partial charge in [0.1, 0.15) is 0 Å². The average molecular weight is 246 g/mol. The van der Waals surface area contributed by atoms with Crippen LogP contribution in [-0.2, 0) is 5.54 Å². The van der Waals surface area contributed by atoms with Crippen molar-refractivity contribution in [3.05, 3.63) is 35.9 Å². The molecule has 3 atom stereocenters. The Labute approximate surface area is 112 Å². The van der Waals surface area contributed by atoms with Gasteiger partial charge in [-0.15, -0.1) is 0 Å². The topological polar surface area (TPSA) is 6.48 Å². The van der Waals surface area contributed by atoms with Gasteiger partial charge in [0.05, 0.1) is 5.54 Å². The van der Waals surface area contributed by atoms with Gasteiger partial charge in [-0.1, -0.05) is 37.3 Å². The summed E-state index contributed by atoms with van der Waals surface area (Å²) in [6, 6.07) is 11.6. The Bertz CT molecular complexity index is 387. The van der Waals surface area contributed by atoms with Gasteiger partial charge in [-0.3, -0.25) is 4.90 Å². The Kier molecular flexibility index (Phi) is 3.79. The van der Waals surface area contributed by atoms with Gasteiger partial charge in [-0.05, 0) is 46.0 Å². The van der Waals surface area contributed by atoms with E-state index in [1.54, 1.807) is 0 Å². The molecule has 0 saturated carbocycles. The predicted molar refractivity (Wildman–Crippen MR) is 77.7 cm³/mol. The quantitative estimate of drug-likeness (QED) is 0.792. The fourth-order valence-corrected chi connectivity index (χ4v) is 3.58. The summed E-state index contributed by atoms with van der Waals surface area (Å²) in [5.74, 6) is 0.635. The van der Waals surface area contributed by atoms with Crippen LogP contribution >= 0.6 is 0 Å². The summed E-state index contributed by atoms with van der Waals surface area (Å²) < 4.78 is 0. The van der Waals surface area contributed by atoms with Crippen molar-refractivity contribution in [3.63, 3.8) is 0 Å². The Morgan fingerprint density at radius 2 is 1.78 bits per heavy atom. The number of hydrogen-bond donors (Lipinski definition) is 0. The smallest absolute Gasteiger partial charge is 0.0507 e. The monoisotopic (exact) mass is 246 g/mol. The van der Waals surface area contributed by atoms with Crippen molar-refractivity contribution in [1.82, 2.24) is 9.80 Å². The van der Waals surface area contributed by atoms with Crippen LogP contribution in [-0.4, -0.2) is 43.5 Å². The third-order valence-electron chi connectivity index (χ3n) is 4.81. The zero-order valence-electron chi connectivity index (χ0n) is 12.4. The van der Waals surface area contributed by atoms with E-state index in [-0.39, 0.29) is 5.54 Å². The molecule has 2 heteroatoms. The summed E-state index contributed by atoms with van der Waals surface area (Å²) in [4.78, 5) is 4.91. The molecular formula is C16H26N2. The van der Waals surface area contributed by atoms with Crippen molar-refractivity contribution in [3.8, 4) is 0 Å². The van der Waals surface area contributed by atoms with Gasteiger partial charge in [0.2, 0.25) is 0 Å². The molecule has 0 aromatic heterocycles.